The maximum absolute atomic E-state index is 12.0. The van der Waals surface area contributed by atoms with E-state index in [-0.39, 0.29) is 11.3 Å². The van der Waals surface area contributed by atoms with Crippen molar-refractivity contribution in [2.45, 2.75) is 33.2 Å². The molecule has 1 amide bonds. The SMILES string of the molecule is CC(C)(C)[C@H](N)C(=O)N1CCCOCC1. The lowest BCUT2D eigenvalue weighted by atomic mass is 9.86. The second-order valence-electron chi connectivity index (χ2n) is 5.13. The average Bonchev–Trinajstić information content (AvgIpc) is 2.42. The van der Waals surface area contributed by atoms with Gasteiger partial charge in [-0.1, -0.05) is 20.8 Å². The summed E-state index contributed by atoms with van der Waals surface area (Å²) in [5, 5.41) is 0. The number of hydrogen-bond acceptors (Lipinski definition) is 3. The number of carbonyl (C=O) groups excluding carboxylic acids is 1. The van der Waals surface area contributed by atoms with Crippen molar-refractivity contribution in [3.05, 3.63) is 0 Å². The number of hydrogen-bond donors (Lipinski definition) is 1. The summed E-state index contributed by atoms with van der Waals surface area (Å²) in [6.07, 6.45) is 0.905. The van der Waals surface area contributed by atoms with Crippen LogP contribution >= 0.6 is 0 Å². The highest BCUT2D eigenvalue weighted by Crippen LogP contribution is 2.19. The largest absolute Gasteiger partial charge is 0.380 e. The van der Waals surface area contributed by atoms with Gasteiger partial charge >= 0.3 is 0 Å². The van der Waals surface area contributed by atoms with Crippen molar-refractivity contribution in [1.82, 2.24) is 4.90 Å². The third kappa shape index (κ3) is 3.47. The Balaban J connectivity index is 2.58. The van der Waals surface area contributed by atoms with E-state index in [4.69, 9.17) is 10.5 Å². The molecule has 0 aromatic heterocycles. The van der Waals surface area contributed by atoms with E-state index < -0.39 is 6.04 Å². The number of rotatable bonds is 1. The number of carbonyl (C=O) groups is 1. The van der Waals surface area contributed by atoms with Crippen LogP contribution in [0.15, 0.2) is 0 Å². The predicted octanol–water partition coefficient (Wildman–Crippen LogP) is 0.609. The fourth-order valence-corrected chi connectivity index (χ4v) is 1.53. The van der Waals surface area contributed by atoms with Gasteiger partial charge in [0.1, 0.15) is 0 Å². The molecule has 15 heavy (non-hydrogen) atoms. The summed E-state index contributed by atoms with van der Waals surface area (Å²) in [6.45, 7) is 8.78. The number of amides is 1. The molecule has 0 aromatic rings. The minimum Gasteiger partial charge on any atom is -0.380 e. The highest BCUT2D eigenvalue weighted by molar-refractivity contribution is 5.82. The Kier molecular flexibility index (Phi) is 4.11. The normalized spacial score (nSPS) is 20.9. The molecule has 2 N–H and O–H groups in total. The maximum atomic E-state index is 12.0. The molecule has 0 aromatic carbocycles. The summed E-state index contributed by atoms with van der Waals surface area (Å²) in [7, 11) is 0. The molecule has 1 aliphatic heterocycles. The molecular weight excluding hydrogens is 192 g/mol. The quantitative estimate of drug-likeness (QED) is 0.695. The van der Waals surface area contributed by atoms with Crippen LogP contribution < -0.4 is 5.73 Å². The van der Waals surface area contributed by atoms with E-state index >= 15 is 0 Å². The van der Waals surface area contributed by atoms with Gasteiger partial charge in [0.15, 0.2) is 0 Å². The van der Waals surface area contributed by atoms with Crippen molar-refractivity contribution in [2.75, 3.05) is 26.3 Å². The third-order valence-electron chi connectivity index (χ3n) is 2.73. The minimum atomic E-state index is -0.421. The molecule has 1 saturated heterocycles. The molecular formula is C11H22N2O2. The molecule has 1 fully saturated rings. The van der Waals surface area contributed by atoms with Gasteiger partial charge in [-0.15, -0.1) is 0 Å². The fraction of sp³-hybridized carbons (Fsp3) is 0.909. The Bertz CT molecular complexity index is 215. The zero-order chi connectivity index (χ0) is 11.5. The Morgan fingerprint density at radius 3 is 2.60 bits per heavy atom. The van der Waals surface area contributed by atoms with Gasteiger partial charge in [-0.2, -0.15) is 0 Å². The zero-order valence-corrected chi connectivity index (χ0v) is 9.95. The highest BCUT2D eigenvalue weighted by Gasteiger charge is 2.31. The molecule has 0 saturated carbocycles. The van der Waals surface area contributed by atoms with E-state index in [1.54, 1.807) is 0 Å². The van der Waals surface area contributed by atoms with Gasteiger partial charge in [0.2, 0.25) is 5.91 Å². The van der Waals surface area contributed by atoms with Crippen molar-refractivity contribution in [1.29, 1.82) is 0 Å². The molecule has 0 spiro atoms. The molecule has 1 heterocycles. The van der Waals surface area contributed by atoms with Gasteiger partial charge in [-0.3, -0.25) is 4.79 Å². The number of nitrogens with zero attached hydrogens (tertiary/aromatic N) is 1. The standard InChI is InChI=1S/C11H22N2O2/c1-11(2,3)9(12)10(14)13-5-4-7-15-8-6-13/h9H,4-8,12H2,1-3H3/t9-/m1/s1. The topological polar surface area (TPSA) is 55.6 Å². The van der Waals surface area contributed by atoms with Crippen molar-refractivity contribution in [3.8, 4) is 0 Å². The first-order chi connectivity index (χ1) is 6.93. The molecule has 1 atom stereocenters. The number of ether oxygens (including phenoxy) is 1. The summed E-state index contributed by atoms with van der Waals surface area (Å²) in [5.74, 6) is 0.0491. The average molecular weight is 214 g/mol. The van der Waals surface area contributed by atoms with E-state index in [2.05, 4.69) is 0 Å². The molecule has 0 radical (unpaired) electrons. The summed E-state index contributed by atoms with van der Waals surface area (Å²) in [5.41, 5.74) is 5.77. The fourth-order valence-electron chi connectivity index (χ4n) is 1.53. The highest BCUT2D eigenvalue weighted by atomic mass is 16.5. The van der Waals surface area contributed by atoms with Crippen LogP contribution in [0.25, 0.3) is 0 Å². The summed E-state index contributed by atoms with van der Waals surface area (Å²) in [4.78, 5) is 13.9. The van der Waals surface area contributed by atoms with E-state index in [1.165, 1.54) is 0 Å². The van der Waals surface area contributed by atoms with E-state index in [0.29, 0.717) is 13.2 Å². The molecule has 4 nitrogen and oxygen atoms in total. The summed E-state index contributed by atoms with van der Waals surface area (Å²) >= 11 is 0. The molecule has 4 heteroatoms. The minimum absolute atomic E-state index is 0.0491. The second-order valence-corrected chi connectivity index (χ2v) is 5.13. The molecule has 0 bridgehead atoms. The molecule has 1 rings (SSSR count). The maximum Gasteiger partial charge on any atom is 0.240 e. The van der Waals surface area contributed by atoms with E-state index in [0.717, 1.165) is 19.6 Å². The van der Waals surface area contributed by atoms with Crippen molar-refractivity contribution in [3.63, 3.8) is 0 Å². The Hall–Kier alpha value is -0.610. The van der Waals surface area contributed by atoms with Crippen LogP contribution in [0, 0.1) is 5.41 Å². The van der Waals surface area contributed by atoms with Crippen LogP contribution in [-0.2, 0) is 9.53 Å². The Labute approximate surface area is 91.8 Å². The van der Waals surface area contributed by atoms with Gasteiger partial charge in [-0.25, -0.2) is 0 Å². The first kappa shape index (κ1) is 12.5. The van der Waals surface area contributed by atoms with E-state index in [9.17, 15) is 4.79 Å². The van der Waals surface area contributed by atoms with Crippen molar-refractivity contribution in [2.24, 2.45) is 11.1 Å². The predicted molar refractivity (Wildman–Crippen MR) is 59.4 cm³/mol. The van der Waals surface area contributed by atoms with Crippen molar-refractivity contribution >= 4 is 5.91 Å². The van der Waals surface area contributed by atoms with Gasteiger partial charge in [0, 0.05) is 19.7 Å². The molecule has 0 unspecified atom stereocenters. The van der Waals surface area contributed by atoms with Crippen molar-refractivity contribution < 1.29 is 9.53 Å². The smallest absolute Gasteiger partial charge is 0.240 e. The lowest BCUT2D eigenvalue weighted by Gasteiger charge is -2.31. The van der Waals surface area contributed by atoms with Crippen LogP contribution in [0.2, 0.25) is 0 Å². The van der Waals surface area contributed by atoms with Crippen LogP contribution in [0.3, 0.4) is 0 Å². The number of nitrogens with two attached hydrogens (primary N) is 1. The monoisotopic (exact) mass is 214 g/mol. The summed E-state index contributed by atoms with van der Waals surface area (Å²) in [6, 6.07) is -0.421. The van der Waals surface area contributed by atoms with Gasteiger partial charge in [-0.05, 0) is 11.8 Å². The lowest BCUT2D eigenvalue weighted by Crippen LogP contribution is -2.51. The Morgan fingerprint density at radius 2 is 2.00 bits per heavy atom. The zero-order valence-electron chi connectivity index (χ0n) is 9.95. The molecule has 0 aliphatic carbocycles. The van der Waals surface area contributed by atoms with Gasteiger partial charge in [0.25, 0.3) is 0 Å². The first-order valence-electron chi connectivity index (χ1n) is 5.55. The van der Waals surface area contributed by atoms with Gasteiger partial charge < -0.3 is 15.4 Å². The summed E-state index contributed by atoms with van der Waals surface area (Å²) < 4.78 is 5.31. The van der Waals surface area contributed by atoms with Crippen LogP contribution in [0.1, 0.15) is 27.2 Å². The van der Waals surface area contributed by atoms with Crippen LogP contribution in [-0.4, -0.2) is 43.2 Å². The Morgan fingerprint density at radius 1 is 1.33 bits per heavy atom. The van der Waals surface area contributed by atoms with Crippen LogP contribution in [0.5, 0.6) is 0 Å². The lowest BCUT2D eigenvalue weighted by molar-refractivity contribution is -0.135. The first-order valence-corrected chi connectivity index (χ1v) is 5.55. The third-order valence-corrected chi connectivity index (χ3v) is 2.73. The van der Waals surface area contributed by atoms with E-state index in [1.807, 2.05) is 25.7 Å². The van der Waals surface area contributed by atoms with Crippen LogP contribution in [0.4, 0.5) is 0 Å². The molecule has 1 aliphatic rings. The van der Waals surface area contributed by atoms with Gasteiger partial charge in [0.05, 0.1) is 12.6 Å². The molecule has 88 valence electrons. The second kappa shape index (κ2) is 4.94.